The van der Waals surface area contributed by atoms with Crippen LogP contribution in [0.2, 0.25) is 0 Å². The molecule has 0 atom stereocenters. The highest BCUT2D eigenvalue weighted by Crippen LogP contribution is 2.40. The molecule has 0 amide bonds. The molecule has 3 aromatic carbocycles. The molecule has 2 heterocycles. The van der Waals surface area contributed by atoms with Gasteiger partial charge in [-0.3, -0.25) is 0 Å². The number of aliphatic hydroxyl groups excluding tert-OH is 1. The van der Waals surface area contributed by atoms with E-state index in [1.807, 2.05) is 36.4 Å². The molecule has 1 N–H and O–H groups in total. The van der Waals surface area contributed by atoms with Crippen molar-refractivity contribution in [1.29, 1.82) is 0 Å². The zero-order chi connectivity index (χ0) is 22.5. The molecule has 33 heavy (non-hydrogen) atoms. The normalized spacial score (nSPS) is 13.8. The molecule has 166 valence electrons. The highest BCUT2D eigenvalue weighted by molar-refractivity contribution is 5.99. The molecule has 0 saturated heterocycles. The van der Waals surface area contributed by atoms with Crippen molar-refractivity contribution in [2.24, 2.45) is 13.0 Å². The van der Waals surface area contributed by atoms with Crippen LogP contribution in [-0.4, -0.2) is 26.3 Å². The molecule has 0 aliphatic heterocycles. The monoisotopic (exact) mass is 437 g/mol. The standard InChI is InChI=1S/C28H27N3O2/c1-30-27-23(11-6-12-25(27)33-2)29-28(30)24-15-19-8-5-10-22(21-9-4-3-7-20(21)17-32)26(19)31(24)16-18-13-14-18/h3-12,15,18,32H,13-14,16-17H2,1-2H3. The topological polar surface area (TPSA) is 52.2 Å². The number of para-hydroxylation sites is 2. The summed E-state index contributed by atoms with van der Waals surface area (Å²) in [5.74, 6) is 2.47. The lowest BCUT2D eigenvalue weighted by atomic mass is 9.98. The molecule has 1 aliphatic carbocycles. The fourth-order valence-electron chi connectivity index (χ4n) is 5.02. The van der Waals surface area contributed by atoms with Gasteiger partial charge in [0.05, 0.1) is 30.4 Å². The first kappa shape index (κ1) is 20.1. The Morgan fingerprint density at radius 3 is 2.55 bits per heavy atom. The van der Waals surface area contributed by atoms with E-state index in [0.717, 1.165) is 51.5 Å². The van der Waals surface area contributed by atoms with Gasteiger partial charge in [-0.2, -0.15) is 0 Å². The number of methoxy groups -OCH3 is 1. The lowest BCUT2D eigenvalue weighted by Crippen LogP contribution is -2.06. The molecule has 1 aliphatic rings. The first-order valence-corrected chi connectivity index (χ1v) is 11.5. The van der Waals surface area contributed by atoms with Gasteiger partial charge < -0.3 is 19.0 Å². The summed E-state index contributed by atoms with van der Waals surface area (Å²) in [6.07, 6.45) is 2.54. The summed E-state index contributed by atoms with van der Waals surface area (Å²) in [7, 11) is 3.77. The van der Waals surface area contributed by atoms with Crippen molar-refractivity contribution in [2.45, 2.75) is 26.0 Å². The molecule has 1 saturated carbocycles. The molecule has 0 spiro atoms. The number of fused-ring (bicyclic) bond motifs is 2. The second kappa shape index (κ2) is 7.78. The Balaban J connectivity index is 1.65. The number of hydrogen-bond donors (Lipinski definition) is 1. The maximum atomic E-state index is 9.99. The summed E-state index contributed by atoms with van der Waals surface area (Å²) in [5.41, 5.74) is 7.44. The number of aromatic nitrogens is 3. The molecule has 0 radical (unpaired) electrons. The lowest BCUT2D eigenvalue weighted by Gasteiger charge is -2.15. The van der Waals surface area contributed by atoms with Gasteiger partial charge in [-0.25, -0.2) is 4.98 Å². The van der Waals surface area contributed by atoms with Gasteiger partial charge in [0.15, 0.2) is 5.82 Å². The van der Waals surface area contributed by atoms with E-state index < -0.39 is 0 Å². The highest BCUT2D eigenvalue weighted by atomic mass is 16.5. The first-order chi connectivity index (χ1) is 16.2. The van der Waals surface area contributed by atoms with Crippen molar-refractivity contribution in [3.05, 3.63) is 72.3 Å². The van der Waals surface area contributed by atoms with E-state index in [4.69, 9.17) is 9.72 Å². The Labute approximate surface area is 192 Å². The third-order valence-corrected chi connectivity index (χ3v) is 6.84. The quantitative estimate of drug-likeness (QED) is 0.367. The van der Waals surface area contributed by atoms with E-state index >= 15 is 0 Å². The first-order valence-electron chi connectivity index (χ1n) is 11.5. The minimum Gasteiger partial charge on any atom is -0.494 e. The Bertz CT molecular complexity index is 1490. The van der Waals surface area contributed by atoms with Crippen molar-refractivity contribution in [1.82, 2.24) is 14.1 Å². The third-order valence-electron chi connectivity index (χ3n) is 6.84. The van der Waals surface area contributed by atoms with E-state index in [1.54, 1.807) is 7.11 Å². The van der Waals surface area contributed by atoms with Crippen LogP contribution in [0.3, 0.4) is 0 Å². The number of rotatable bonds is 6. The predicted molar refractivity (Wildman–Crippen MR) is 132 cm³/mol. The fraction of sp³-hybridized carbons (Fsp3) is 0.250. The number of benzene rings is 3. The number of aryl methyl sites for hydroxylation is 1. The predicted octanol–water partition coefficient (Wildman–Crippen LogP) is 5.77. The largest absolute Gasteiger partial charge is 0.494 e. The van der Waals surface area contributed by atoms with E-state index in [0.29, 0.717) is 5.92 Å². The van der Waals surface area contributed by atoms with Gasteiger partial charge in [-0.15, -0.1) is 0 Å². The van der Waals surface area contributed by atoms with Gasteiger partial charge in [-0.05, 0) is 48.1 Å². The minimum atomic E-state index is 0.0211. The minimum absolute atomic E-state index is 0.0211. The highest BCUT2D eigenvalue weighted by Gasteiger charge is 2.27. The summed E-state index contributed by atoms with van der Waals surface area (Å²) in [5, 5.41) is 11.2. The summed E-state index contributed by atoms with van der Waals surface area (Å²) in [6, 6.07) is 22.9. The van der Waals surface area contributed by atoms with Crippen LogP contribution in [0.15, 0.2) is 66.7 Å². The molecular weight excluding hydrogens is 410 g/mol. The van der Waals surface area contributed by atoms with Crippen molar-refractivity contribution >= 4 is 21.9 Å². The Morgan fingerprint density at radius 1 is 0.970 bits per heavy atom. The molecule has 5 heteroatoms. The van der Waals surface area contributed by atoms with Crippen LogP contribution in [0, 0.1) is 5.92 Å². The molecular formula is C28H27N3O2. The summed E-state index contributed by atoms with van der Waals surface area (Å²) >= 11 is 0. The van der Waals surface area contributed by atoms with E-state index in [9.17, 15) is 5.11 Å². The molecule has 0 bridgehead atoms. The van der Waals surface area contributed by atoms with Crippen molar-refractivity contribution < 1.29 is 9.84 Å². The van der Waals surface area contributed by atoms with E-state index in [-0.39, 0.29) is 6.61 Å². The number of aliphatic hydroxyl groups is 1. The van der Waals surface area contributed by atoms with Gasteiger partial charge in [0, 0.05) is 24.5 Å². The summed E-state index contributed by atoms with van der Waals surface area (Å²) in [4.78, 5) is 5.03. The smallest absolute Gasteiger partial charge is 0.157 e. The van der Waals surface area contributed by atoms with E-state index in [1.165, 1.54) is 23.7 Å². The van der Waals surface area contributed by atoms with Crippen LogP contribution in [0.25, 0.3) is 44.6 Å². The second-order valence-electron chi connectivity index (χ2n) is 8.96. The van der Waals surface area contributed by atoms with Crippen molar-refractivity contribution in [2.75, 3.05) is 7.11 Å². The molecule has 5 aromatic rings. The maximum absolute atomic E-state index is 9.99. The molecule has 6 rings (SSSR count). The van der Waals surface area contributed by atoms with Gasteiger partial charge in [-0.1, -0.05) is 48.5 Å². The number of hydrogen-bond acceptors (Lipinski definition) is 3. The van der Waals surface area contributed by atoms with Gasteiger partial charge in [0.1, 0.15) is 11.3 Å². The maximum Gasteiger partial charge on any atom is 0.157 e. The molecule has 0 unspecified atom stereocenters. The lowest BCUT2D eigenvalue weighted by molar-refractivity contribution is 0.282. The Morgan fingerprint density at radius 2 is 1.76 bits per heavy atom. The Hall–Kier alpha value is -3.57. The number of imidazole rings is 1. The van der Waals surface area contributed by atoms with Crippen molar-refractivity contribution in [3.63, 3.8) is 0 Å². The van der Waals surface area contributed by atoms with Crippen LogP contribution < -0.4 is 4.74 Å². The van der Waals surface area contributed by atoms with Crippen LogP contribution >= 0.6 is 0 Å². The number of ether oxygens (including phenoxy) is 1. The van der Waals surface area contributed by atoms with E-state index in [2.05, 4.69) is 46.5 Å². The van der Waals surface area contributed by atoms with Gasteiger partial charge in [0.2, 0.25) is 0 Å². The average molecular weight is 438 g/mol. The van der Waals surface area contributed by atoms with Crippen LogP contribution in [0.5, 0.6) is 5.75 Å². The third kappa shape index (κ3) is 3.23. The zero-order valence-electron chi connectivity index (χ0n) is 19.0. The average Bonchev–Trinajstić information content (AvgIpc) is 3.51. The van der Waals surface area contributed by atoms with Gasteiger partial charge >= 0.3 is 0 Å². The summed E-state index contributed by atoms with van der Waals surface area (Å²) < 4.78 is 10.2. The number of nitrogens with zero attached hydrogens (tertiary/aromatic N) is 3. The van der Waals surface area contributed by atoms with Crippen molar-refractivity contribution in [3.8, 4) is 28.4 Å². The fourth-order valence-corrected chi connectivity index (χ4v) is 5.02. The molecule has 1 fully saturated rings. The molecule has 2 aromatic heterocycles. The SMILES string of the molecule is COc1cccc2nc(-c3cc4cccc(-c5ccccc5CO)c4n3CC3CC3)n(C)c12. The second-order valence-corrected chi connectivity index (χ2v) is 8.96. The summed E-state index contributed by atoms with van der Waals surface area (Å²) in [6.45, 7) is 0.991. The van der Waals surface area contributed by atoms with Crippen LogP contribution in [0.4, 0.5) is 0 Å². The molecule has 5 nitrogen and oxygen atoms in total. The Kier molecular flexibility index (Phi) is 4.73. The van der Waals surface area contributed by atoms with Gasteiger partial charge in [0.25, 0.3) is 0 Å². The van der Waals surface area contributed by atoms with Crippen LogP contribution in [0.1, 0.15) is 18.4 Å². The van der Waals surface area contributed by atoms with Crippen LogP contribution in [-0.2, 0) is 20.2 Å². The zero-order valence-corrected chi connectivity index (χ0v) is 19.0.